The highest BCUT2D eigenvalue weighted by Crippen LogP contribution is 2.33. The van der Waals surface area contributed by atoms with Crippen molar-refractivity contribution in [2.24, 2.45) is 0 Å². The minimum atomic E-state index is -0.648. The van der Waals surface area contributed by atoms with Gasteiger partial charge in [0.05, 0.1) is 6.61 Å². The Bertz CT molecular complexity index is 260. The smallest absolute Gasteiger partial charge is 0.303 e. The van der Waals surface area contributed by atoms with Crippen molar-refractivity contribution < 1.29 is 28.5 Å². The summed E-state index contributed by atoms with van der Waals surface area (Å²) < 4.78 is 20.5. The van der Waals surface area contributed by atoms with Gasteiger partial charge in [-0.1, -0.05) is 0 Å². The molecular weight excluding hydrogens is 204 g/mol. The summed E-state index contributed by atoms with van der Waals surface area (Å²) in [7, 11) is 0. The molecule has 6 heteroatoms. The normalized spacial score (nSPS) is 37.7. The number of rotatable bonds is 2. The molecule has 2 fully saturated rings. The molecule has 0 amide bonds. The second-order valence-corrected chi connectivity index (χ2v) is 3.52. The van der Waals surface area contributed by atoms with Gasteiger partial charge in [-0.05, 0) is 0 Å². The molecule has 2 aliphatic heterocycles. The third-order valence-electron chi connectivity index (χ3n) is 2.30. The number of hydrogen-bond acceptors (Lipinski definition) is 6. The largest absolute Gasteiger partial charge is 0.455 e. The average Bonchev–Trinajstić information content (AvgIpc) is 2.67. The monoisotopic (exact) mass is 216 g/mol. The molecule has 0 N–H and O–H groups in total. The molecule has 0 aromatic heterocycles. The Labute approximate surface area is 86.4 Å². The van der Waals surface area contributed by atoms with Crippen LogP contribution in [-0.2, 0) is 28.5 Å². The van der Waals surface area contributed by atoms with Crippen molar-refractivity contribution in [1.82, 2.24) is 0 Å². The van der Waals surface area contributed by atoms with Gasteiger partial charge in [-0.15, -0.1) is 0 Å². The van der Waals surface area contributed by atoms with Gasteiger partial charge < -0.3 is 18.9 Å². The number of ether oxygens (including phenoxy) is 4. The van der Waals surface area contributed by atoms with Gasteiger partial charge >= 0.3 is 11.9 Å². The van der Waals surface area contributed by atoms with Crippen LogP contribution in [0.25, 0.3) is 0 Å². The fraction of sp³-hybridized carbons (Fsp3) is 0.778. The van der Waals surface area contributed by atoms with Crippen molar-refractivity contribution in [1.29, 1.82) is 0 Å². The molecule has 0 aromatic carbocycles. The van der Waals surface area contributed by atoms with Crippen molar-refractivity contribution in [2.75, 3.05) is 6.61 Å². The maximum Gasteiger partial charge on any atom is 0.303 e. The molecule has 2 saturated heterocycles. The number of fused-ring (bicyclic) bond motifs is 2. The Balaban J connectivity index is 2.05. The van der Waals surface area contributed by atoms with E-state index in [1.807, 2.05) is 0 Å². The SMILES string of the molecule is CC(=O)O[C@@H]1[C@@H](OC(C)=O)[C@@H]2OC[C@H]1O2. The standard InChI is InChI=1S/C9H12O6/c1-4(10)13-7-6-3-12-9(15-6)8(7)14-5(2)11/h6-9H,3H2,1-2H3/t6-,7+,8-,9-/m1/s1. The van der Waals surface area contributed by atoms with Gasteiger partial charge in [0.2, 0.25) is 0 Å². The van der Waals surface area contributed by atoms with E-state index in [1.54, 1.807) is 0 Å². The summed E-state index contributed by atoms with van der Waals surface area (Å²) in [4.78, 5) is 21.7. The Kier molecular flexibility index (Phi) is 2.62. The van der Waals surface area contributed by atoms with Gasteiger partial charge in [0, 0.05) is 13.8 Å². The minimum Gasteiger partial charge on any atom is -0.455 e. The zero-order chi connectivity index (χ0) is 11.0. The van der Waals surface area contributed by atoms with Crippen molar-refractivity contribution >= 4 is 11.9 Å². The molecule has 0 saturated carbocycles. The first-order valence-corrected chi connectivity index (χ1v) is 4.69. The molecule has 15 heavy (non-hydrogen) atoms. The molecule has 84 valence electrons. The fourth-order valence-electron chi connectivity index (χ4n) is 1.80. The topological polar surface area (TPSA) is 71.1 Å². The van der Waals surface area contributed by atoms with E-state index in [1.165, 1.54) is 13.8 Å². The maximum atomic E-state index is 10.8. The molecule has 6 nitrogen and oxygen atoms in total. The molecule has 0 aliphatic carbocycles. The van der Waals surface area contributed by atoms with Gasteiger partial charge in [0.1, 0.15) is 6.10 Å². The summed E-state index contributed by atoms with van der Waals surface area (Å²) in [6.07, 6.45) is -2.14. The molecule has 0 unspecified atom stereocenters. The van der Waals surface area contributed by atoms with E-state index < -0.39 is 30.4 Å². The van der Waals surface area contributed by atoms with Gasteiger partial charge in [-0.3, -0.25) is 9.59 Å². The fourth-order valence-corrected chi connectivity index (χ4v) is 1.80. The summed E-state index contributed by atoms with van der Waals surface area (Å²) in [5.41, 5.74) is 0. The predicted molar refractivity (Wildman–Crippen MR) is 45.7 cm³/mol. The first-order chi connectivity index (χ1) is 7.08. The Morgan fingerprint density at radius 2 is 1.73 bits per heavy atom. The Hall–Kier alpha value is -1.14. The average molecular weight is 216 g/mol. The highest BCUT2D eigenvalue weighted by molar-refractivity contribution is 5.67. The van der Waals surface area contributed by atoms with Crippen molar-refractivity contribution in [3.05, 3.63) is 0 Å². The van der Waals surface area contributed by atoms with Gasteiger partial charge in [0.15, 0.2) is 18.5 Å². The van der Waals surface area contributed by atoms with Crippen LogP contribution in [0.1, 0.15) is 13.8 Å². The van der Waals surface area contributed by atoms with E-state index in [0.29, 0.717) is 6.61 Å². The maximum absolute atomic E-state index is 10.8. The molecule has 0 aromatic rings. The van der Waals surface area contributed by atoms with Crippen LogP contribution in [0, 0.1) is 0 Å². The highest BCUT2D eigenvalue weighted by atomic mass is 16.8. The Morgan fingerprint density at radius 1 is 1.13 bits per heavy atom. The third-order valence-corrected chi connectivity index (χ3v) is 2.30. The van der Waals surface area contributed by atoms with Crippen LogP contribution in [0.4, 0.5) is 0 Å². The first-order valence-electron chi connectivity index (χ1n) is 4.69. The van der Waals surface area contributed by atoms with Gasteiger partial charge in [-0.2, -0.15) is 0 Å². The van der Waals surface area contributed by atoms with Crippen LogP contribution in [0.3, 0.4) is 0 Å². The molecule has 2 bridgehead atoms. The summed E-state index contributed by atoms with van der Waals surface area (Å²) >= 11 is 0. The number of hydrogen-bond donors (Lipinski definition) is 0. The van der Waals surface area contributed by atoms with Crippen LogP contribution >= 0.6 is 0 Å². The number of carbonyl (C=O) groups excluding carboxylic acids is 2. The van der Waals surface area contributed by atoms with Crippen LogP contribution in [0.15, 0.2) is 0 Å². The molecule has 2 rings (SSSR count). The zero-order valence-electron chi connectivity index (χ0n) is 8.47. The van der Waals surface area contributed by atoms with Crippen LogP contribution in [0.5, 0.6) is 0 Å². The lowest BCUT2D eigenvalue weighted by molar-refractivity contribution is -0.181. The molecule has 0 radical (unpaired) electrons. The van der Waals surface area contributed by atoms with E-state index in [-0.39, 0.29) is 6.10 Å². The lowest BCUT2D eigenvalue weighted by Crippen LogP contribution is -2.45. The number of esters is 2. The summed E-state index contributed by atoms with van der Waals surface area (Å²) in [5.74, 6) is -0.870. The zero-order valence-corrected chi connectivity index (χ0v) is 8.47. The van der Waals surface area contributed by atoms with Crippen molar-refractivity contribution in [3.8, 4) is 0 Å². The molecule has 4 atom stereocenters. The molecule has 2 aliphatic rings. The highest BCUT2D eigenvalue weighted by Gasteiger charge is 2.54. The van der Waals surface area contributed by atoms with Crippen LogP contribution in [0.2, 0.25) is 0 Å². The van der Waals surface area contributed by atoms with E-state index in [2.05, 4.69) is 0 Å². The second kappa shape index (κ2) is 3.79. The summed E-state index contributed by atoms with van der Waals surface area (Å²) in [5, 5.41) is 0. The lowest BCUT2D eigenvalue weighted by Gasteiger charge is -2.26. The van der Waals surface area contributed by atoms with E-state index >= 15 is 0 Å². The van der Waals surface area contributed by atoms with Gasteiger partial charge in [-0.25, -0.2) is 0 Å². The van der Waals surface area contributed by atoms with Crippen molar-refractivity contribution in [2.45, 2.75) is 38.4 Å². The van der Waals surface area contributed by atoms with Crippen molar-refractivity contribution in [3.63, 3.8) is 0 Å². The first kappa shape index (κ1) is 10.4. The molecule has 0 spiro atoms. The number of carbonyl (C=O) groups is 2. The molecular formula is C9H12O6. The Morgan fingerprint density at radius 3 is 2.33 bits per heavy atom. The summed E-state index contributed by atoms with van der Waals surface area (Å²) in [6, 6.07) is 0. The quantitative estimate of drug-likeness (QED) is 0.585. The second-order valence-electron chi connectivity index (χ2n) is 3.52. The van der Waals surface area contributed by atoms with E-state index in [4.69, 9.17) is 18.9 Å². The van der Waals surface area contributed by atoms with E-state index in [0.717, 1.165) is 0 Å². The van der Waals surface area contributed by atoms with Crippen LogP contribution < -0.4 is 0 Å². The van der Waals surface area contributed by atoms with Crippen LogP contribution in [-0.4, -0.2) is 43.1 Å². The predicted octanol–water partition coefficient (Wildman–Crippen LogP) is -0.395. The summed E-state index contributed by atoms with van der Waals surface area (Å²) in [6.45, 7) is 2.95. The van der Waals surface area contributed by atoms with E-state index in [9.17, 15) is 9.59 Å². The lowest BCUT2D eigenvalue weighted by atomic mass is 10.1. The minimum absolute atomic E-state index is 0.330. The molecule has 2 heterocycles. The van der Waals surface area contributed by atoms with Gasteiger partial charge in [0.25, 0.3) is 0 Å². The third kappa shape index (κ3) is 1.95.